The maximum atomic E-state index is 4.67. The number of nitrogens with zero attached hydrogens (tertiary/aromatic N) is 3. The zero-order chi connectivity index (χ0) is 26.8. The van der Waals surface area contributed by atoms with Crippen molar-refractivity contribution in [2.75, 3.05) is 5.32 Å². The van der Waals surface area contributed by atoms with Crippen LogP contribution in [0.2, 0.25) is 0 Å². The molecule has 0 amide bonds. The van der Waals surface area contributed by atoms with E-state index < -0.39 is 0 Å². The number of aryl methyl sites for hydroxylation is 1. The second-order valence-corrected chi connectivity index (χ2v) is 11.2. The number of fused-ring (bicyclic) bond motifs is 1. The smallest absolute Gasteiger partial charge is 0.116 e. The van der Waals surface area contributed by atoms with Crippen LogP contribution in [0.4, 0.5) is 5.69 Å². The van der Waals surface area contributed by atoms with Crippen molar-refractivity contribution in [1.82, 2.24) is 25.1 Å². The van der Waals surface area contributed by atoms with Crippen molar-refractivity contribution >= 4 is 45.7 Å². The van der Waals surface area contributed by atoms with Crippen LogP contribution in [0, 0.1) is 12.8 Å². The van der Waals surface area contributed by atoms with Crippen LogP contribution < -0.4 is 15.9 Å². The van der Waals surface area contributed by atoms with Crippen LogP contribution in [0.25, 0.3) is 50.5 Å². The Morgan fingerprint density at radius 3 is 2.66 bits per heavy atom. The van der Waals surface area contributed by atoms with E-state index in [1.807, 2.05) is 37.8 Å². The van der Waals surface area contributed by atoms with Crippen LogP contribution in [-0.2, 0) is 0 Å². The summed E-state index contributed by atoms with van der Waals surface area (Å²) in [7, 11) is 0. The number of rotatable bonds is 8. The normalized spacial score (nSPS) is 12.6. The first-order valence-corrected chi connectivity index (χ1v) is 13.5. The molecule has 5 aromatic rings. The number of aromatic amines is 2. The minimum absolute atomic E-state index is 0.531. The Bertz CT molecular complexity index is 1770. The van der Waals surface area contributed by atoms with Gasteiger partial charge in [0.15, 0.2) is 0 Å². The van der Waals surface area contributed by atoms with Crippen molar-refractivity contribution < 1.29 is 0 Å². The molecule has 0 unspecified atom stereocenters. The summed E-state index contributed by atoms with van der Waals surface area (Å²) in [4.78, 5) is 14.9. The number of aromatic nitrogens is 5. The zero-order valence-corrected chi connectivity index (χ0v) is 23.0. The van der Waals surface area contributed by atoms with Crippen molar-refractivity contribution in [3.8, 4) is 21.8 Å². The van der Waals surface area contributed by atoms with Crippen LogP contribution in [-0.4, -0.2) is 25.1 Å². The molecule has 7 heteroatoms. The van der Waals surface area contributed by atoms with Gasteiger partial charge in [0.1, 0.15) is 5.69 Å². The number of allylic oxidation sites excluding steroid dienone is 2. The molecule has 3 N–H and O–H groups in total. The third-order valence-electron chi connectivity index (χ3n) is 6.33. The summed E-state index contributed by atoms with van der Waals surface area (Å²) in [5.41, 5.74) is 7.48. The molecule has 5 rings (SSSR count). The van der Waals surface area contributed by atoms with Gasteiger partial charge in [-0.05, 0) is 62.1 Å². The summed E-state index contributed by atoms with van der Waals surface area (Å²) in [6.45, 7) is 17.0. The number of H-pyrrole nitrogens is 2. The summed E-state index contributed by atoms with van der Waals surface area (Å²) in [5.74, 6) is 0.531. The highest BCUT2D eigenvalue weighted by Crippen LogP contribution is 2.34. The number of pyridine rings is 2. The highest BCUT2D eigenvalue weighted by atomic mass is 32.1. The second kappa shape index (κ2) is 10.6. The van der Waals surface area contributed by atoms with E-state index in [1.54, 1.807) is 11.3 Å². The first-order valence-electron chi connectivity index (χ1n) is 12.7. The van der Waals surface area contributed by atoms with Gasteiger partial charge in [0.2, 0.25) is 0 Å². The van der Waals surface area contributed by atoms with Crippen LogP contribution in [0.5, 0.6) is 0 Å². The van der Waals surface area contributed by atoms with Gasteiger partial charge >= 0.3 is 0 Å². The Morgan fingerprint density at radius 1 is 1.11 bits per heavy atom. The standard InChI is InChI=1S/C31H32N6S/c1-7-27-25(11-19(4)22-12-23(15-32-14-22)34-20(5)10-18(2)3)31(37-36-27)28-13-24-26(16-33-17-29(24)35-28)30-9-8-21(6)38-30/h7-9,11-18,34-36H,4-5,10H2,1-3,6H3/b25-11+,27-7+. The molecule has 38 heavy (non-hydrogen) atoms. The number of anilines is 1. The first kappa shape index (κ1) is 25.4. The third kappa shape index (κ3) is 5.24. The van der Waals surface area contributed by atoms with Gasteiger partial charge < -0.3 is 10.3 Å². The van der Waals surface area contributed by atoms with Crippen molar-refractivity contribution in [3.63, 3.8) is 0 Å². The topological polar surface area (TPSA) is 82.3 Å². The molecule has 5 heterocycles. The Balaban J connectivity index is 1.53. The third-order valence-corrected chi connectivity index (χ3v) is 7.37. The number of hydrogen-bond donors (Lipinski definition) is 3. The predicted molar refractivity (Wildman–Crippen MR) is 161 cm³/mol. The van der Waals surface area contributed by atoms with Gasteiger partial charge in [-0.3, -0.25) is 15.1 Å². The Hall–Kier alpha value is -4.23. The largest absolute Gasteiger partial charge is 0.358 e. The van der Waals surface area contributed by atoms with Crippen molar-refractivity contribution in [2.24, 2.45) is 5.92 Å². The van der Waals surface area contributed by atoms with Gasteiger partial charge in [0, 0.05) is 49.6 Å². The highest BCUT2D eigenvalue weighted by Gasteiger charge is 2.14. The van der Waals surface area contributed by atoms with Crippen LogP contribution in [0.15, 0.2) is 67.9 Å². The number of nitrogens with one attached hydrogen (secondary N) is 3. The van der Waals surface area contributed by atoms with E-state index >= 15 is 0 Å². The summed E-state index contributed by atoms with van der Waals surface area (Å²) in [6, 6.07) is 8.50. The average Bonchev–Trinajstić information content (AvgIpc) is 3.61. The van der Waals surface area contributed by atoms with Crippen molar-refractivity contribution in [1.29, 1.82) is 0 Å². The van der Waals surface area contributed by atoms with Crippen LogP contribution in [0.1, 0.15) is 37.6 Å². The summed E-state index contributed by atoms with van der Waals surface area (Å²) < 4.78 is 0. The molecule has 0 saturated heterocycles. The van der Waals surface area contributed by atoms with Gasteiger partial charge in [-0.25, -0.2) is 0 Å². The van der Waals surface area contributed by atoms with Gasteiger partial charge in [-0.15, -0.1) is 11.3 Å². The molecule has 0 spiro atoms. The number of thiophene rings is 1. The Labute approximate surface area is 226 Å². The lowest BCUT2D eigenvalue weighted by Gasteiger charge is -2.12. The van der Waals surface area contributed by atoms with Gasteiger partial charge in [0.05, 0.1) is 34.6 Å². The van der Waals surface area contributed by atoms with E-state index in [-0.39, 0.29) is 0 Å². The maximum Gasteiger partial charge on any atom is 0.116 e. The lowest BCUT2D eigenvalue weighted by Crippen LogP contribution is -2.23. The molecule has 0 fully saturated rings. The lowest BCUT2D eigenvalue weighted by atomic mass is 10.1. The second-order valence-electron chi connectivity index (χ2n) is 9.89. The molecule has 0 bridgehead atoms. The molecular formula is C31H32N6S. The quantitative estimate of drug-likeness (QED) is 0.214. The summed E-state index contributed by atoms with van der Waals surface area (Å²) in [6.07, 6.45) is 12.4. The predicted octanol–water partition coefficient (Wildman–Crippen LogP) is 6.65. The fourth-order valence-corrected chi connectivity index (χ4v) is 5.47. The molecule has 0 saturated carbocycles. The van der Waals surface area contributed by atoms with Crippen molar-refractivity contribution in [2.45, 2.75) is 34.1 Å². The molecule has 5 aromatic heterocycles. The molecule has 6 nitrogen and oxygen atoms in total. The monoisotopic (exact) mass is 520 g/mol. The van der Waals surface area contributed by atoms with Crippen LogP contribution in [0.3, 0.4) is 0 Å². The highest BCUT2D eigenvalue weighted by molar-refractivity contribution is 7.15. The lowest BCUT2D eigenvalue weighted by molar-refractivity contribution is 0.645. The molecule has 0 aromatic carbocycles. The van der Waals surface area contributed by atoms with E-state index in [9.17, 15) is 0 Å². The summed E-state index contributed by atoms with van der Waals surface area (Å²) >= 11 is 1.77. The van der Waals surface area contributed by atoms with Crippen molar-refractivity contribution in [3.05, 3.63) is 88.9 Å². The van der Waals surface area contributed by atoms with E-state index in [4.69, 9.17) is 0 Å². The maximum absolute atomic E-state index is 4.67. The number of hydrogen-bond acceptors (Lipinski definition) is 5. The van der Waals surface area contributed by atoms with Gasteiger partial charge in [-0.1, -0.05) is 33.1 Å². The fraction of sp³-hybridized carbons (Fsp3) is 0.194. The molecule has 0 aliphatic carbocycles. The Morgan fingerprint density at radius 2 is 1.92 bits per heavy atom. The first-order chi connectivity index (χ1) is 18.3. The minimum atomic E-state index is 0.531. The minimum Gasteiger partial charge on any atom is -0.358 e. The van der Waals surface area contributed by atoms with Gasteiger partial charge in [-0.2, -0.15) is 5.10 Å². The van der Waals surface area contributed by atoms with Gasteiger partial charge in [0.25, 0.3) is 0 Å². The van der Waals surface area contributed by atoms with E-state index in [0.29, 0.717) is 5.92 Å². The van der Waals surface area contributed by atoms with E-state index in [0.717, 1.165) is 67.4 Å². The SMILES string of the molecule is C=C(CC(C)C)Nc1cncc(C(=C)/C=c2/c(-c3cc4c(-c5ccc(C)s5)cncc4[nH]3)n[nH]/c2=C/C)c1. The molecular weight excluding hydrogens is 488 g/mol. The zero-order valence-electron chi connectivity index (χ0n) is 22.2. The molecule has 0 radical (unpaired) electrons. The van der Waals surface area contributed by atoms with Crippen LogP contribution >= 0.6 is 11.3 Å². The Kier molecular flexibility index (Phi) is 7.11. The molecule has 0 aliphatic heterocycles. The fourth-order valence-electron chi connectivity index (χ4n) is 4.58. The van der Waals surface area contributed by atoms with E-state index in [1.165, 1.54) is 9.75 Å². The molecule has 0 aliphatic rings. The summed E-state index contributed by atoms with van der Waals surface area (Å²) in [5, 5.41) is 14.2. The molecule has 192 valence electrons. The van der Waals surface area contributed by atoms with E-state index in [2.05, 4.69) is 94.7 Å². The molecule has 0 atom stereocenters. The average molecular weight is 521 g/mol.